The topological polar surface area (TPSA) is 120 Å². The number of thioether (sulfide) groups is 1. The number of thiophene rings is 1. The summed E-state index contributed by atoms with van der Waals surface area (Å²) in [5, 5.41) is 15.3. The van der Waals surface area contributed by atoms with Crippen molar-refractivity contribution in [3.05, 3.63) is 143 Å². The second-order valence-electron chi connectivity index (χ2n) is 10.3. The molecule has 9 nitrogen and oxygen atoms in total. The first-order valence-corrected chi connectivity index (χ1v) is 16.3. The summed E-state index contributed by atoms with van der Waals surface area (Å²) < 4.78 is 0. The maximum absolute atomic E-state index is 13.3. The maximum Gasteiger partial charge on any atom is 0.272 e. The molecule has 0 aliphatic carbocycles. The van der Waals surface area contributed by atoms with Gasteiger partial charge in [-0.1, -0.05) is 42.5 Å². The average Bonchev–Trinajstić information content (AvgIpc) is 3.72. The third kappa shape index (κ3) is 7.96. The number of carbonyl (C=O) groups is 4. The fraction of sp³-hybridized carbons (Fsp3) is 0.0556. The van der Waals surface area contributed by atoms with Crippen molar-refractivity contribution < 1.29 is 19.2 Å². The molecule has 5 aromatic rings. The first-order valence-electron chi connectivity index (χ1n) is 14.6. The average molecular weight is 658 g/mol. The number of amides is 4. The van der Waals surface area contributed by atoms with E-state index in [4.69, 9.17) is 0 Å². The van der Waals surface area contributed by atoms with Crippen molar-refractivity contribution in [1.82, 2.24) is 5.32 Å². The van der Waals surface area contributed by atoms with Crippen molar-refractivity contribution >= 4 is 75.6 Å². The van der Waals surface area contributed by atoms with Gasteiger partial charge < -0.3 is 10.6 Å². The standard InChI is InChI=1S/C36H27N5O4S2/c42-33-23-32(36(45)41(33)28-17-13-27(14-18-28)40-39-26-10-5-2-6-11-26)47-29-19-15-25(16-20-29)37-35(44)31(22-30-12-7-21-46-30)38-34(43)24-8-3-1-4-9-24/h1-22,32H,23H2,(H,37,44)(H,38,43)/b31-22-,40-39?. The summed E-state index contributed by atoms with van der Waals surface area (Å²) in [6.07, 6.45) is 1.69. The Hall–Kier alpha value is -5.65. The largest absolute Gasteiger partial charge is 0.321 e. The lowest BCUT2D eigenvalue weighted by Gasteiger charge is -2.15. The van der Waals surface area contributed by atoms with Gasteiger partial charge in [0.2, 0.25) is 11.8 Å². The van der Waals surface area contributed by atoms with Gasteiger partial charge in [0.1, 0.15) is 5.70 Å². The number of azo groups is 1. The SMILES string of the molecule is O=C(Nc1ccc(SC2CC(=O)N(c3ccc(N=Nc4ccccc4)cc3)C2=O)cc1)/C(=C/c1cccs1)NC(=O)c1ccccc1. The molecule has 0 spiro atoms. The molecule has 1 aliphatic heterocycles. The minimum Gasteiger partial charge on any atom is -0.321 e. The lowest BCUT2D eigenvalue weighted by molar-refractivity contribution is -0.121. The molecule has 1 saturated heterocycles. The molecule has 47 heavy (non-hydrogen) atoms. The van der Waals surface area contributed by atoms with E-state index in [1.54, 1.807) is 78.9 Å². The summed E-state index contributed by atoms with van der Waals surface area (Å²) in [5.74, 6) is -1.46. The molecule has 1 fully saturated rings. The molecule has 0 radical (unpaired) electrons. The predicted octanol–water partition coefficient (Wildman–Crippen LogP) is 8.00. The van der Waals surface area contributed by atoms with Crippen LogP contribution in [0.5, 0.6) is 0 Å². The molecule has 232 valence electrons. The predicted molar refractivity (Wildman–Crippen MR) is 185 cm³/mol. The van der Waals surface area contributed by atoms with Crippen molar-refractivity contribution in [1.29, 1.82) is 0 Å². The van der Waals surface area contributed by atoms with Crippen LogP contribution in [-0.4, -0.2) is 28.9 Å². The van der Waals surface area contributed by atoms with Crippen LogP contribution in [0.4, 0.5) is 22.7 Å². The minimum absolute atomic E-state index is 0.0649. The van der Waals surface area contributed by atoms with Gasteiger partial charge in [0.05, 0.1) is 22.3 Å². The van der Waals surface area contributed by atoms with E-state index in [1.165, 1.54) is 28.0 Å². The van der Waals surface area contributed by atoms with E-state index in [9.17, 15) is 19.2 Å². The normalized spacial score (nSPS) is 14.9. The van der Waals surface area contributed by atoms with E-state index < -0.39 is 17.1 Å². The van der Waals surface area contributed by atoms with E-state index in [0.29, 0.717) is 22.6 Å². The molecule has 6 rings (SSSR count). The highest BCUT2D eigenvalue weighted by Gasteiger charge is 2.40. The van der Waals surface area contributed by atoms with Crippen molar-refractivity contribution in [3.63, 3.8) is 0 Å². The van der Waals surface area contributed by atoms with Crippen molar-refractivity contribution in [2.45, 2.75) is 16.6 Å². The summed E-state index contributed by atoms with van der Waals surface area (Å²) in [6.45, 7) is 0. The van der Waals surface area contributed by atoms with Crippen molar-refractivity contribution in [2.24, 2.45) is 10.2 Å². The van der Waals surface area contributed by atoms with Crippen molar-refractivity contribution in [3.8, 4) is 0 Å². The van der Waals surface area contributed by atoms with Gasteiger partial charge in [0.15, 0.2) is 0 Å². The Morgan fingerprint density at radius 1 is 0.787 bits per heavy atom. The minimum atomic E-state index is -0.589. The van der Waals surface area contributed by atoms with Crippen LogP contribution in [0.3, 0.4) is 0 Å². The van der Waals surface area contributed by atoms with Crippen LogP contribution < -0.4 is 15.5 Å². The Kier molecular flexibility index (Phi) is 9.75. The molecule has 1 aromatic heterocycles. The Bertz CT molecular complexity index is 1940. The number of imide groups is 1. The molecule has 4 aromatic carbocycles. The Labute approximate surface area is 279 Å². The summed E-state index contributed by atoms with van der Waals surface area (Å²) in [5.41, 5.74) is 2.83. The molecule has 11 heteroatoms. The number of hydrogen-bond donors (Lipinski definition) is 2. The third-order valence-corrected chi connectivity index (χ3v) is 9.02. The van der Waals surface area contributed by atoms with E-state index in [-0.39, 0.29) is 23.9 Å². The molecule has 2 heterocycles. The summed E-state index contributed by atoms with van der Waals surface area (Å²) in [4.78, 5) is 55.0. The van der Waals surface area contributed by atoms with Gasteiger partial charge in [0, 0.05) is 27.4 Å². The first-order chi connectivity index (χ1) is 22.9. The number of nitrogens with zero attached hydrogens (tertiary/aromatic N) is 3. The molecule has 1 unspecified atom stereocenters. The van der Waals surface area contributed by atoms with Gasteiger partial charge in [-0.05, 0) is 90.3 Å². The number of benzene rings is 4. The Morgan fingerprint density at radius 2 is 1.45 bits per heavy atom. The quantitative estimate of drug-likeness (QED) is 0.0896. The van der Waals surface area contributed by atoms with Gasteiger partial charge in [0.25, 0.3) is 11.8 Å². The van der Waals surface area contributed by atoms with Crippen LogP contribution in [0, 0.1) is 0 Å². The van der Waals surface area contributed by atoms with Crippen LogP contribution >= 0.6 is 23.1 Å². The van der Waals surface area contributed by atoms with E-state index >= 15 is 0 Å². The van der Waals surface area contributed by atoms with Crippen LogP contribution in [-0.2, 0) is 14.4 Å². The monoisotopic (exact) mass is 657 g/mol. The number of carbonyl (C=O) groups excluding carboxylic acids is 4. The third-order valence-electron chi connectivity index (χ3n) is 7.00. The zero-order valence-electron chi connectivity index (χ0n) is 24.8. The zero-order chi connectivity index (χ0) is 32.6. The highest BCUT2D eigenvalue weighted by atomic mass is 32.2. The second-order valence-corrected chi connectivity index (χ2v) is 12.6. The van der Waals surface area contributed by atoms with Gasteiger partial charge in [-0.2, -0.15) is 10.2 Å². The highest BCUT2D eigenvalue weighted by molar-refractivity contribution is 8.00. The maximum atomic E-state index is 13.3. The number of nitrogens with one attached hydrogen (secondary N) is 2. The van der Waals surface area contributed by atoms with Gasteiger partial charge in [-0.15, -0.1) is 23.1 Å². The Balaban J connectivity index is 1.08. The molecular formula is C36H27N5O4S2. The summed E-state index contributed by atoms with van der Waals surface area (Å²) in [7, 11) is 0. The summed E-state index contributed by atoms with van der Waals surface area (Å²) >= 11 is 2.73. The number of hydrogen-bond acceptors (Lipinski definition) is 8. The Morgan fingerprint density at radius 3 is 2.11 bits per heavy atom. The zero-order valence-corrected chi connectivity index (χ0v) is 26.4. The van der Waals surface area contributed by atoms with Gasteiger partial charge >= 0.3 is 0 Å². The van der Waals surface area contributed by atoms with Gasteiger partial charge in [-0.3, -0.25) is 19.2 Å². The smallest absolute Gasteiger partial charge is 0.272 e. The van der Waals surface area contributed by atoms with E-state index in [1.807, 2.05) is 53.9 Å². The van der Waals surface area contributed by atoms with E-state index in [0.717, 1.165) is 15.5 Å². The van der Waals surface area contributed by atoms with Crippen LogP contribution in [0.1, 0.15) is 21.7 Å². The van der Waals surface area contributed by atoms with Crippen LogP contribution in [0.25, 0.3) is 6.08 Å². The second kappa shape index (κ2) is 14.6. The van der Waals surface area contributed by atoms with Crippen molar-refractivity contribution in [2.75, 3.05) is 10.2 Å². The van der Waals surface area contributed by atoms with E-state index in [2.05, 4.69) is 20.9 Å². The fourth-order valence-corrected chi connectivity index (χ4v) is 6.39. The molecule has 0 saturated carbocycles. The van der Waals surface area contributed by atoms with Crippen LogP contribution in [0.15, 0.2) is 148 Å². The number of rotatable bonds is 10. The van der Waals surface area contributed by atoms with Crippen LogP contribution in [0.2, 0.25) is 0 Å². The molecular weight excluding hydrogens is 631 g/mol. The molecule has 2 N–H and O–H groups in total. The number of anilines is 2. The first kappa shape index (κ1) is 31.3. The molecule has 0 bridgehead atoms. The lowest BCUT2D eigenvalue weighted by atomic mass is 10.2. The lowest BCUT2D eigenvalue weighted by Crippen LogP contribution is -2.31. The fourth-order valence-electron chi connectivity index (χ4n) is 4.68. The highest BCUT2D eigenvalue weighted by Crippen LogP contribution is 2.35. The molecule has 4 amide bonds. The summed E-state index contributed by atoms with van der Waals surface area (Å²) in [6, 6.07) is 35.5. The molecule has 1 atom stereocenters. The molecule has 1 aliphatic rings. The van der Waals surface area contributed by atoms with Gasteiger partial charge in [-0.25, -0.2) is 4.90 Å².